The molecule has 1 fully saturated rings. The largest absolute Gasteiger partial charge is 0.340 e. The molecule has 3 rings (SSSR count). The Morgan fingerprint density at radius 3 is 2.81 bits per heavy atom. The van der Waals surface area contributed by atoms with E-state index in [2.05, 4.69) is 42.7 Å². The molecule has 0 spiro atoms. The molecule has 0 amide bonds. The number of H-pyrrole nitrogens is 1. The van der Waals surface area contributed by atoms with Crippen LogP contribution in [0.15, 0.2) is 18.2 Å². The first-order valence-corrected chi connectivity index (χ1v) is 8.46. The van der Waals surface area contributed by atoms with Crippen LogP contribution in [-0.2, 0) is 0 Å². The molecule has 5 nitrogen and oxygen atoms in total. The number of nitrogens with zero attached hydrogens (tertiary/aromatic N) is 3. The van der Waals surface area contributed by atoms with Crippen molar-refractivity contribution in [1.82, 2.24) is 15.2 Å². The van der Waals surface area contributed by atoms with Crippen LogP contribution in [0.2, 0.25) is 5.02 Å². The number of anilines is 1. The predicted molar refractivity (Wildman–Crippen MR) is 93.5 cm³/mol. The number of piperidine rings is 1. The van der Waals surface area contributed by atoms with Crippen LogP contribution in [0.3, 0.4) is 0 Å². The van der Waals surface area contributed by atoms with E-state index < -0.39 is 0 Å². The van der Waals surface area contributed by atoms with Gasteiger partial charge in [-0.15, -0.1) is 5.10 Å². The van der Waals surface area contributed by atoms with E-state index in [0.717, 1.165) is 58.4 Å². The minimum Gasteiger partial charge on any atom is -0.340 e. The van der Waals surface area contributed by atoms with Gasteiger partial charge in [0.2, 0.25) is 5.95 Å². The summed E-state index contributed by atoms with van der Waals surface area (Å²) in [5.41, 5.74) is 6.68. The normalized spacial score (nSPS) is 16.4. The van der Waals surface area contributed by atoms with E-state index in [1.807, 2.05) is 18.2 Å². The molecule has 0 bridgehead atoms. The molecule has 1 aliphatic heterocycles. The van der Waals surface area contributed by atoms with Gasteiger partial charge in [-0.3, -0.25) is 5.10 Å². The van der Waals surface area contributed by atoms with E-state index in [1.165, 1.54) is 0 Å². The van der Waals surface area contributed by atoms with E-state index in [-0.39, 0.29) is 0 Å². The lowest BCUT2D eigenvalue weighted by atomic mass is 9.97. The molecule has 0 unspecified atom stereocenters. The minimum atomic E-state index is 0.634. The molecule has 1 aromatic heterocycles. The van der Waals surface area contributed by atoms with Gasteiger partial charge in [0.1, 0.15) is 0 Å². The molecule has 2 aromatic rings. The second kappa shape index (κ2) is 6.50. The number of hydrogen-bond donors (Lipinski definition) is 2. The summed E-state index contributed by atoms with van der Waals surface area (Å²) in [6, 6.07) is 5.89. The number of aromatic nitrogens is 3. The second-order valence-electron chi connectivity index (χ2n) is 5.28. The lowest BCUT2D eigenvalue weighted by Crippen LogP contribution is -2.36. The van der Waals surface area contributed by atoms with Crippen LogP contribution in [0.25, 0.3) is 11.4 Å². The molecule has 2 heterocycles. The number of benzene rings is 1. The van der Waals surface area contributed by atoms with Gasteiger partial charge < -0.3 is 10.6 Å². The van der Waals surface area contributed by atoms with Crippen LogP contribution in [0, 0.1) is 9.49 Å². The Bertz CT molecular complexity index is 622. The minimum absolute atomic E-state index is 0.634. The maximum atomic E-state index is 6.16. The van der Waals surface area contributed by atoms with E-state index in [0.29, 0.717) is 5.92 Å². The number of nitrogens with one attached hydrogen (secondary N) is 1. The van der Waals surface area contributed by atoms with Gasteiger partial charge in [0, 0.05) is 22.2 Å². The van der Waals surface area contributed by atoms with Crippen molar-refractivity contribution in [3.63, 3.8) is 0 Å². The number of halogens is 2. The van der Waals surface area contributed by atoms with Gasteiger partial charge in [-0.25, -0.2) is 0 Å². The Hall–Kier alpha value is -0.860. The van der Waals surface area contributed by atoms with E-state index in [9.17, 15) is 0 Å². The van der Waals surface area contributed by atoms with Crippen molar-refractivity contribution in [3.8, 4) is 11.4 Å². The maximum absolute atomic E-state index is 6.16. The highest BCUT2D eigenvalue weighted by atomic mass is 127. The highest BCUT2D eigenvalue weighted by molar-refractivity contribution is 14.1. The van der Waals surface area contributed by atoms with Crippen molar-refractivity contribution in [3.05, 3.63) is 26.8 Å². The molecule has 3 N–H and O–H groups in total. The average molecular weight is 418 g/mol. The van der Waals surface area contributed by atoms with E-state index >= 15 is 0 Å². The van der Waals surface area contributed by atoms with Gasteiger partial charge in [-0.2, -0.15) is 4.98 Å². The zero-order chi connectivity index (χ0) is 14.8. The Labute approximate surface area is 142 Å². The zero-order valence-corrected chi connectivity index (χ0v) is 14.4. The topological polar surface area (TPSA) is 70.8 Å². The van der Waals surface area contributed by atoms with Crippen molar-refractivity contribution in [1.29, 1.82) is 0 Å². The first-order valence-electron chi connectivity index (χ1n) is 7.00. The van der Waals surface area contributed by atoms with Crippen LogP contribution >= 0.6 is 34.2 Å². The number of nitrogens with two attached hydrogens (primary N) is 1. The van der Waals surface area contributed by atoms with Crippen LogP contribution in [-0.4, -0.2) is 34.8 Å². The summed E-state index contributed by atoms with van der Waals surface area (Å²) in [5, 5.41) is 8.07. The fourth-order valence-corrected chi connectivity index (χ4v) is 3.05. The van der Waals surface area contributed by atoms with Crippen LogP contribution in [0.1, 0.15) is 12.8 Å². The fourth-order valence-electron chi connectivity index (χ4n) is 2.54. The molecule has 1 aliphatic rings. The van der Waals surface area contributed by atoms with Gasteiger partial charge >= 0.3 is 0 Å². The van der Waals surface area contributed by atoms with Gasteiger partial charge in [0.05, 0.1) is 5.02 Å². The van der Waals surface area contributed by atoms with Gasteiger partial charge in [-0.1, -0.05) is 17.7 Å². The van der Waals surface area contributed by atoms with Gasteiger partial charge in [0.15, 0.2) is 5.82 Å². The summed E-state index contributed by atoms with van der Waals surface area (Å²) >= 11 is 8.37. The molecule has 112 valence electrons. The Kier molecular flexibility index (Phi) is 4.66. The number of hydrogen-bond acceptors (Lipinski definition) is 4. The first kappa shape index (κ1) is 15.1. The van der Waals surface area contributed by atoms with Crippen LogP contribution in [0.5, 0.6) is 0 Å². The molecule has 0 atom stereocenters. The molecule has 7 heteroatoms. The lowest BCUT2D eigenvalue weighted by Gasteiger charge is -2.30. The molecule has 0 saturated carbocycles. The van der Waals surface area contributed by atoms with E-state index in [1.54, 1.807) is 0 Å². The monoisotopic (exact) mass is 417 g/mol. The third-order valence-electron chi connectivity index (χ3n) is 3.90. The molecule has 0 aliphatic carbocycles. The third-order valence-corrected chi connectivity index (χ3v) is 5.47. The highest BCUT2D eigenvalue weighted by Crippen LogP contribution is 2.26. The molecule has 1 saturated heterocycles. The third kappa shape index (κ3) is 3.32. The smallest absolute Gasteiger partial charge is 0.245 e. The summed E-state index contributed by atoms with van der Waals surface area (Å²) in [4.78, 5) is 6.80. The van der Waals surface area contributed by atoms with Gasteiger partial charge in [0.25, 0.3) is 0 Å². The SMILES string of the molecule is NCC1CCN(c2n[nH]c(-c3ccc(I)c(Cl)c3)n2)CC1. The zero-order valence-electron chi connectivity index (χ0n) is 11.5. The first-order chi connectivity index (χ1) is 10.2. The quantitative estimate of drug-likeness (QED) is 0.754. The summed E-state index contributed by atoms with van der Waals surface area (Å²) in [7, 11) is 0. The average Bonchev–Trinajstić information content (AvgIpc) is 3.00. The number of aromatic amines is 1. The fraction of sp³-hybridized carbons (Fsp3) is 0.429. The lowest BCUT2D eigenvalue weighted by molar-refractivity contribution is 0.411. The Morgan fingerprint density at radius 1 is 1.38 bits per heavy atom. The summed E-state index contributed by atoms with van der Waals surface area (Å²) in [5.74, 6) is 2.15. The standard InChI is InChI=1S/C14H17ClIN5/c15-11-7-10(1-2-12(11)16)13-18-14(20-19-13)21-5-3-9(8-17)4-6-21/h1-2,7,9H,3-6,8,17H2,(H,18,19,20). The Morgan fingerprint density at radius 2 is 2.14 bits per heavy atom. The highest BCUT2D eigenvalue weighted by Gasteiger charge is 2.21. The van der Waals surface area contributed by atoms with Gasteiger partial charge in [-0.05, 0) is 60.0 Å². The number of rotatable bonds is 3. The van der Waals surface area contributed by atoms with Crippen molar-refractivity contribution in [2.75, 3.05) is 24.5 Å². The maximum Gasteiger partial charge on any atom is 0.245 e. The second-order valence-corrected chi connectivity index (χ2v) is 6.85. The van der Waals surface area contributed by atoms with Crippen LogP contribution in [0.4, 0.5) is 5.95 Å². The van der Waals surface area contributed by atoms with Crippen molar-refractivity contribution in [2.45, 2.75) is 12.8 Å². The van der Waals surface area contributed by atoms with E-state index in [4.69, 9.17) is 17.3 Å². The summed E-state index contributed by atoms with van der Waals surface area (Å²) < 4.78 is 1.03. The molecule has 0 radical (unpaired) electrons. The molecular formula is C14H17ClIN5. The predicted octanol–water partition coefficient (Wildman–Crippen LogP) is 2.90. The van der Waals surface area contributed by atoms with Crippen molar-refractivity contribution >= 4 is 40.1 Å². The summed E-state index contributed by atoms with van der Waals surface area (Å²) in [6.07, 6.45) is 2.21. The Balaban J connectivity index is 1.76. The molecule has 1 aromatic carbocycles. The van der Waals surface area contributed by atoms with Crippen molar-refractivity contribution in [2.24, 2.45) is 11.7 Å². The van der Waals surface area contributed by atoms with Crippen LogP contribution < -0.4 is 10.6 Å². The van der Waals surface area contributed by atoms with Crippen molar-refractivity contribution < 1.29 is 0 Å². The molecular weight excluding hydrogens is 401 g/mol. The summed E-state index contributed by atoms with van der Waals surface area (Å²) in [6.45, 7) is 2.70. The molecule has 21 heavy (non-hydrogen) atoms.